The first-order chi connectivity index (χ1) is 10.4. The molecule has 0 bridgehead atoms. The largest absolute Gasteiger partial charge is 0.391 e. The lowest BCUT2D eigenvalue weighted by Crippen LogP contribution is -2.38. The molecule has 1 aliphatic rings. The van der Waals surface area contributed by atoms with E-state index >= 15 is 0 Å². The quantitative estimate of drug-likeness (QED) is 0.807. The Morgan fingerprint density at radius 2 is 2.00 bits per heavy atom. The maximum Gasteiger partial charge on any atom is 0.391 e. The molecular weight excluding hydrogens is 321 g/mol. The molecule has 1 aliphatic carbocycles. The number of ether oxygens (including phenoxy) is 1. The molecule has 2 rings (SSSR count). The Morgan fingerprint density at radius 1 is 1.32 bits per heavy atom. The van der Waals surface area contributed by atoms with Crippen LogP contribution in [-0.4, -0.2) is 29.4 Å². The molecule has 0 atom stereocenters. The highest BCUT2D eigenvalue weighted by Crippen LogP contribution is 2.39. The number of methoxy groups -OCH3 is 1. The summed E-state index contributed by atoms with van der Waals surface area (Å²) in [6.07, 6.45) is -3.69. The minimum absolute atomic E-state index is 0.00161. The molecule has 0 aromatic carbocycles. The SMILES string of the molecule is COCc1nnc(NNC(=O)C2CCC(C(F)(F)F)CC2)s1. The summed E-state index contributed by atoms with van der Waals surface area (Å²) in [5, 5.41) is 8.71. The van der Waals surface area contributed by atoms with Crippen LogP contribution < -0.4 is 10.9 Å². The molecule has 10 heteroatoms. The molecule has 0 unspecified atom stereocenters. The maximum absolute atomic E-state index is 12.6. The Bertz CT molecular complexity index is 501. The van der Waals surface area contributed by atoms with E-state index in [-0.39, 0.29) is 31.6 Å². The number of halogens is 3. The number of alkyl halides is 3. The number of carbonyl (C=O) groups excluding carboxylic acids is 1. The number of aromatic nitrogens is 2. The van der Waals surface area contributed by atoms with Crippen molar-refractivity contribution < 1.29 is 22.7 Å². The van der Waals surface area contributed by atoms with Gasteiger partial charge < -0.3 is 4.74 Å². The van der Waals surface area contributed by atoms with Crippen LogP contribution in [0.25, 0.3) is 0 Å². The first kappa shape index (κ1) is 16.9. The van der Waals surface area contributed by atoms with Crippen molar-refractivity contribution in [1.82, 2.24) is 15.6 Å². The zero-order valence-corrected chi connectivity index (χ0v) is 12.8. The van der Waals surface area contributed by atoms with Gasteiger partial charge >= 0.3 is 6.18 Å². The van der Waals surface area contributed by atoms with Crippen molar-refractivity contribution in [3.8, 4) is 0 Å². The highest BCUT2D eigenvalue weighted by Gasteiger charge is 2.42. The molecule has 1 heterocycles. The number of anilines is 1. The number of nitrogens with one attached hydrogen (secondary N) is 2. The molecule has 1 aromatic rings. The average molecular weight is 338 g/mol. The van der Waals surface area contributed by atoms with Crippen LogP contribution in [0.15, 0.2) is 0 Å². The molecular formula is C12H17F3N4O2S. The minimum atomic E-state index is -4.16. The van der Waals surface area contributed by atoms with Crippen molar-refractivity contribution in [2.75, 3.05) is 12.5 Å². The summed E-state index contributed by atoms with van der Waals surface area (Å²) < 4.78 is 42.6. The number of amides is 1. The Hall–Kier alpha value is -1.42. The second-order valence-electron chi connectivity index (χ2n) is 5.14. The summed E-state index contributed by atoms with van der Waals surface area (Å²) in [7, 11) is 1.54. The third kappa shape index (κ3) is 4.54. The Labute approximate surface area is 129 Å². The van der Waals surface area contributed by atoms with E-state index in [0.29, 0.717) is 16.7 Å². The predicted molar refractivity (Wildman–Crippen MR) is 73.9 cm³/mol. The van der Waals surface area contributed by atoms with E-state index in [1.807, 2.05) is 0 Å². The summed E-state index contributed by atoms with van der Waals surface area (Å²) in [4.78, 5) is 11.9. The van der Waals surface area contributed by atoms with Crippen LogP contribution >= 0.6 is 11.3 Å². The molecule has 0 spiro atoms. The van der Waals surface area contributed by atoms with Gasteiger partial charge in [0.2, 0.25) is 11.0 Å². The van der Waals surface area contributed by atoms with E-state index in [0.717, 1.165) is 0 Å². The molecule has 1 saturated carbocycles. The third-order valence-electron chi connectivity index (χ3n) is 3.59. The van der Waals surface area contributed by atoms with Gasteiger partial charge in [-0.15, -0.1) is 10.2 Å². The van der Waals surface area contributed by atoms with Crippen LogP contribution in [0, 0.1) is 11.8 Å². The predicted octanol–water partition coefficient (Wildman–Crippen LogP) is 2.50. The molecule has 0 aliphatic heterocycles. The van der Waals surface area contributed by atoms with E-state index in [9.17, 15) is 18.0 Å². The average Bonchev–Trinajstić information content (AvgIpc) is 2.92. The van der Waals surface area contributed by atoms with Crippen molar-refractivity contribution in [1.29, 1.82) is 0 Å². The maximum atomic E-state index is 12.6. The van der Waals surface area contributed by atoms with E-state index < -0.39 is 18.0 Å². The summed E-state index contributed by atoms with van der Waals surface area (Å²) in [6, 6.07) is 0. The Kier molecular flexibility index (Phi) is 5.57. The lowest BCUT2D eigenvalue weighted by Gasteiger charge is -2.28. The van der Waals surface area contributed by atoms with Crippen LogP contribution in [0.2, 0.25) is 0 Å². The van der Waals surface area contributed by atoms with Crippen molar-refractivity contribution in [2.45, 2.75) is 38.5 Å². The monoisotopic (exact) mass is 338 g/mol. The summed E-state index contributed by atoms with van der Waals surface area (Å²) >= 11 is 1.23. The molecule has 2 N–H and O–H groups in total. The van der Waals surface area contributed by atoms with Crippen molar-refractivity contribution >= 4 is 22.4 Å². The molecule has 6 nitrogen and oxygen atoms in total. The van der Waals surface area contributed by atoms with Gasteiger partial charge in [0.05, 0.1) is 5.92 Å². The number of rotatable bonds is 5. The van der Waals surface area contributed by atoms with Gasteiger partial charge in [-0.1, -0.05) is 11.3 Å². The fraction of sp³-hybridized carbons (Fsp3) is 0.750. The summed E-state index contributed by atoms with van der Waals surface area (Å²) in [5.41, 5.74) is 5.10. The standard InChI is InChI=1S/C12H17F3N4O2S/c1-21-6-9-16-18-11(22-9)19-17-10(20)7-2-4-8(5-3-7)12(13,14)15/h7-8H,2-6H2,1H3,(H,17,20)(H,18,19). The van der Waals surface area contributed by atoms with Crippen LogP contribution in [-0.2, 0) is 16.1 Å². The van der Waals surface area contributed by atoms with E-state index in [4.69, 9.17) is 4.74 Å². The van der Waals surface area contributed by atoms with E-state index in [1.165, 1.54) is 18.4 Å². The molecule has 22 heavy (non-hydrogen) atoms. The zero-order valence-electron chi connectivity index (χ0n) is 11.9. The fourth-order valence-electron chi connectivity index (χ4n) is 2.39. The van der Waals surface area contributed by atoms with Gasteiger partial charge in [0.1, 0.15) is 11.6 Å². The van der Waals surface area contributed by atoms with Gasteiger partial charge in [-0.25, -0.2) is 0 Å². The molecule has 124 valence electrons. The van der Waals surface area contributed by atoms with Crippen LogP contribution in [0.5, 0.6) is 0 Å². The van der Waals surface area contributed by atoms with Gasteiger partial charge in [0.15, 0.2) is 0 Å². The third-order valence-corrected chi connectivity index (χ3v) is 4.40. The molecule has 1 aromatic heterocycles. The first-order valence-corrected chi connectivity index (χ1v) is 7.65. The van der Waals surface area contributed by atoms with Crippen LogP contribution in [0.1, 0.15) is 30.7 Å². The Morgan fingerprint density at radius 3 is 2.59 bits per heavy atom. The second kappa shape index (κ2) is 7.23. The highest BCUT2D eigenvalue weighted by atomic mass is 32.1. The normalized spacial score (nSPS) is 22.4. The smallest absolute Gasteiger partial charge is 0.377 e. The van der Waals surface area contributed by atoms with Crippen molar-refractivity contribution in [3.05, 3.63) is 5.01 Å². The van der Waals surface area contributed by atoms with Crippen LogP contribution in [0.3, 0.4) is 0 Å². The number of hydrazine groups is 1. The van der Waals surface area contributed by atoms with Crippen molar-refractivity contribution in [3.63, 3.8) is 0 Å². The van der Waals surface area contributed by atoms with E-state index in [2.05, 4.69) is 21.0 Å². The zero-order chi connectivity index (χ0) is 16.2. The first-order valence-electron chi connectivity index (χ1n) is 6.84. The van der Waals surface area contributed by atoms with Gasteiger partial charge in [-0.3, -0.25) is 15.6 Å². The summed E-state index contributed by atoms with van der Waals surface area (Å²) in [5.74, 6) is -2.01. The van der Waals surface area contributed by atoms with Gasteiger partial charge in [0, 0.05) is 13.0 Å². The highest BCUT2D eigenvalue weighted by molar-refractivity contribution is 7.15. The molecule has 0 saturated heterocycles. The van der Waals surface area contributed by atoms with Gasteiger partial charge in [0.25, 0.3) is 0 Å². The number of hydrogen-bond acceptors (Lipinski definition) is 6. The second-order valence-corrected chi connectivity index (χ2v) is 6.20. The Balaban J connectivity index is 1.76. The number of hydrogen-bond donors (Lipinski definition) is 2. The topological polar surface area (TPSA) is 76.1 Å². The fourth-order valence-corrected chi connectivity index (χ4v) is 3.05. The molecule has 1 amide bonds. The molecule has 1 fully saturated rings. The van der Waals surface area contributed by atoms with Gasteiger partial charge in [-0.2, -0.15) is 13.2 Å². The molecule has 0 radical (unpaired) electrons. The van der Waals surface area contributed by atoms with E-state index in [1.54, 1.807) is 0 Å². The van der Waals surface area contributed by atoms with Gasteiger partial charge in [-0.05, 0) is 25.7 Å². The lowest BCUT2D eigenvalue weighted by atomic mass is 9.81. The van der Waals surface area contributed by atoms with Crippen LogP contribution in [0.4, 0.5) is 18.3 Å². The van der Waals surface area contributed by atoms with Crippen molar-refractivity contribution in [2.24, 2.45) is 11.8 Å². The number of nitrogens with zero attached hydrogens (tertiary/aromatic N) is 2. The minimum Gasteiger partial charge on any atom is -0.377 e. The number of carbonyl (C=O) groups is 1. The lowest BCUT2D eigenvalue weighted by molar-refractivity contribution is -0.184. The summed E-state index contributed by atoms with van der Waals surface area (Å²) in [6.45, 7) is 0.328.